The van der Waals surface area contributed by atoms with Crippen molar-refractivity contribution in [2.45, 2.75) is 36.7 Å². The van der Waals surface area contributed by atoms with E-state index in [0.29, 0.717) is 24.4 Å². The zero-order valence-electron chi connectivity index (χ0n) is 19.0. The molecule has 1 N–H and O–H groups in total. The number of benzene rings is 3. The van der Waals surface area contributed by atoms with Gasteiger partial charge in [-0.15, -0.1) is 11.8 Å². The van der Waals surface area contributed by atoms with Crippen molar-refractivity contribution in [3.05, 3.63) is 99.5 Å². The average Bonchev–Trinajstić information content (AvgIpc) is 2.86. The van der Waals surface area contributed by atoms with Crippen molar-refractivity contribution >= 4 is 51.1 Å². The number of nitrogens with one attached hydrogen (secondary N) is 1. The Balaban J connectivity index is 1.73. The van der Waals surface area contributed by atoms with E-state index in [-0.39, 0.29) is 11.8 Å². The molecule has 0 aromatic heterocycles. The Kier molecular flexibility index (Phi) is 10.5. The summed E-state index contributed by atoms with van der Waals surface area (Å²) in [5.74, 6) is 0.622. The van der Waals surface area contributed by atoms with Crippen LogP contribution in [0, 0.1) is 0 Å². The highest BCUT2D eigenvalue weighted by Gasteiger charge is 2.29. The smallest absolute Gasteiger partial charge is 0.242 e. The molecule has 0 spiro atoms. The zero-order valence-corrected chi connectivity index (χ0v) is 22.2. The van der Waals surface area contributed by atoms with Gasteiger partial charge in [-0.3, -0.25) is 9.59 Å². The van der Waals surface area contributed by atoms with Gasteiger partial charge in [0.1, 0.15) is 6.04 Å². The topological polar surface area (TPSA) is 49.4 Å². The maximum absolute atomic E-state index is 13.4. The van der Waals surface area contributed by atoms with E-state index < -0.39 is 6.04 Å². The predicted molar refractivity (Wildman–Crippen MR) is 144 cm³/mol. The maximum atomic E-state index is 13.4. The third kappa shape index (κ3) is 8.19. The molecule has 0 aliphatic carbocycles. The molecule has 1 unspecified atom stereocenters. The lowest BCUT2D eigenvalue weighted by Gasteiger charge is -2.31. The number of hydrogen-bond acceptors (Lipinski definition) is 3. The molecule has 0 heterocycles. The molecule has 0 aliphatic heterocycles. The molecular weight excluding hydrogens is 532 g/mol. The normalized spacial score (nSPS) is 11.6. The number of nitrogens with zero attached hydrogens (tertiary/aromatic N) is 1. The van der Waals surface area contributed by atoms with Gasteiger partial charge in [-0.25, -0.2) is 0 Å². The van der Waals surface area contributed by atoms with Crippen molar-refractivity contribution in [3.63, 3.8) is 0 Å². The minimum absolute atomic E-state index is 0.0239. The largest absolute Gasteiger partial charge is 0.357 e. The Labute approximate surface area is 219 Å². The van der Waals surface area contributed by atoms with Crippen LogP contribution >= 0.6 is 39.3 Å². The molecule has 34 heavy (non-hydrogen) atoms. The summed E-state index contributed by atoms with van der Waals surface area (Å²) in [7, 11) is 1.62. The molecule has 4 nitrogen and oxygen atoms in total. The van der Waals surface area contributed by atoms with Crippen LogP contribution in [0.3, 0.4) is 0 Å². The highest BCUT2D eigenvalue weighted by atomic mass is 79.9. The van der Waals surface area contributed by atoms with Crippen LogP contribution in [0.4, 0.5) is 0 Å². The molecule has 0 fully saturated rings. The number of thioether (sulfide) groups is 1. The van der Waals surface area contributed by atoms with Gasteiger partial charge in [-0.05, 0) is 59.7 Å². The first-order valence-electron chi connectivity index (χ1n) is 11.1. The summed E-state index contributed by atoms with van der Waals surface area (Å²) in [6, 6.07) is 24.8. The van der Waals surface area contributed by atoms with Gasteiger partial charge in [0, 0.05) is 40.8 Å². The molecule has 2 amide bonds. The highest BCUT2D eigenvalue weighted by molar-refractivity contribution is 9.10. The number of rotatable bonds is 11. The number of carbonyl (C=O) groups is 2. The first-order chi connectivity index (χ1) is 16.5. The van der Waals surface area contributed by atoms with Gasteiger partial charge >= 0.3 is 0 Å². The molecule has 0 bridgehead atoms. The summed E-state index contributed by atoms with van der Waals surface area (Å²) in [6.07, 6.45) is 1.55. The van der Waals surface area contributed by atoms with Crippen LogP contribution in [0.2, 0.25) is 5.02 Å². The second-order valence-corrected chi connectivity index (χ2v) is 10.4. The Bertz CT molecular complexity index is 1060. The van der Waals surface area contributed by atoms with E-state index in [2.05, 4.69) is 21.2 Å². The lowest BCUT2D eigenvalue weighted by Crippen LogP contribution is -2.49. The van der Waals surface area contributed by atoms with Crippen molar-refractivity contribution in [1.29, 1.82) is 0 Å². The SMILES string of the molecule is CNC(=O)C(Cc1ccccc1)N(Cc1ccc(Br)cc1)C(=O)CCCSc1ccc(Cl)cc1. The third-order valence-corrected chi connectivity index (χ3v) is 7.28. The maximum Gasteiger partial charge on any atom is 0.242 e. The van der Waals surface area contributed by atoms with E-state index in [1.807, 2.05) is 78.9 Å². The van der Waals surface area contributed by atoms with Crippen molar-refractivity contribution < 1.29 is 9.59 Å². The molecule has 178 valence electrons. The molecule has 3 aromatic rings. The van der Waals surface area contributed by atoms with Crippen LogP contribution in [0.15, 0.2) is 88.2 Å². The Morgan fingerprint density at radius 1 is 0.971 bits per heavy atom. The summed E-state index contributed by atoms with van der Waals surface area (Å²) in [6.45, 7) is 0.376. The summed E-state index contributed by atoms with van der Waals surface area (Å²) in [5, 5.41) is 3.46. The third-order valence-electron chi connectivity index (χ3n) is 5.40. The monoisotopic (exact) mass is 558 g/mol. The molecule has 0 aliphatic rings. The van der Waals surface area contributed by atoms with Gasteiger partial charge in [0.05, 0.1) is 0 Å². The van der Waals surface area contributed by atoms with Crippen LogP contribution < -0.4 is 5.32 Å². The molecule has 3 aromatic carbocycles. The Hall–Kier alpha value is -2.28. The van der Waals surface area contributed by atoms with Crippen molar-refractivity contribution in [2.24, 2.45) is 0 Å². The van der Waals surface area contributed by atoms with E-state index >= 15 is 0 Å². The van der Waals surface area contributed by atoms with E-state index in [4.69, 9.17) is 11.6 Å². The summed E-state index contributed by atoms with van der Waals surface area (Å²) in [5.41, 5.74) is 2.00. The lowest BCUT2D eigenvalue weighted by atomic mass is 10.0. The molecule has 1 atom stereocenters. The van der Waals surface area contributed by atoms with Crippen LogP contribution in [-0.4, -0.2) is 35.6 Å². The Morgan fingerprint density at radius 3 is 2.29 bits per heavy atom. The van der Waals surface area contributed by atoms with Crippen LogP contribution in [0.25, 0.3) is 0 Å². The van der Waals surface area contributed by atoms with Gasteiger partial charge in [-0.2, -0.15) is 0 Å². The van der Waals surface area contributed by atoms with Crippen molar-refractivity contribution in [2.75, 3.05) is 12.8 Å². The molecule has 7 heteroatoms. The fourth-order valence-electron chi connectivity index (χ4n) is 3.59. The number of hydrogen-bond donors (Lipinski definition) is 1. The predicted octanol–water partition coefficient (Wildman–Crippen LogP) is 6.36. The van der Waals surface area contributed by atoms with Gasteiger partial charge < -0.3 is 10.2 Å². The molecule has 0 saturated heterocycles. The van der Waals surface area contributed by atoms with Gasteiger partial charge in [0.15, 0.2) is 0 Å². The molecule has 3 rings (SSSR count). The van der Waals surface area contributed by atoms with Crippen LogP contribution in [-0.2, 0) is 22.6 Å². The number of halogens is 2. The van der Waals surface area contributed by atoms with E-state index in [9.17, 15) is 9.59 Å². The minimum atomic E-state index is -0.590. The van der Waals surface area contributed by atoms with E-state index in [1.165, 1.54) is 0 Å². The second kappa shape index (κ2) is 13.6. The number of likely N-dealkylation sites (N-methyl/N-ethyl adjacent to an activating group) is 1. The number of carbonyl (C=O) groups excluding carboxylic acids is 2. The summed E-state index contributed by atoms with van der Waals surface area (Å²) in [4.78, 5) is 29.2. The quantitative estimate of drug-likeness (QED) is 0.220. The second-order valence-electron chi connectivity index (χ2n) is 7.87. The Morgan fingerprint density at radius 2 is 1.65 bits per heavy atom. The summed E-state index contributed by atoms with van der Waals surface area (Å²) < 4.78 is 0.973. The van der Waals surface area contributed by atoms with E-state index in [0.717, 1.165) is 32.7 Å². The number of amides is 2. The average molecular weight is 560 g/mol. The van der Waals surface area contributed by atoms with Crippen LogP contribution in [0.5, 0.6) is 0 Å². The van der Waals surface area contributed by atoms with E-state index in [1.54, 1.807) is 23.7 Å². The zero-order chi connectivity index (χ0) is 24.3. The fraction of sp³-hybridized carbons (Fsp3) is 0.259. The standard InChI is InChI=1S/C27H28BrClN2O2S/c1-30-27(33)25(18-20-6-3-2-4-7-20)31(19-21-9-11-22(28)12-10-21)26(32)8-5-17-34-24-15-13-23(29)14-16-24/h2-4,6-7,9-16,25H,5,8,17-19H2,1H3,(H,30,33). The lowest BCUT2D eigenvalue weighted by molar-refractivity contribution is -0.141. The molecular formula is C27H28BrClN2O2S. The minimum Gasteiger partial charge on any atom is -0.357 e. The van der Waals surface area contributed by atoms with Crippen LogP contribution in [0.1, 0.15) is 24.0 Å². The van der Waals surface area contributed by atoms with Crippen molar-refractivity contribution in [1.82, 2.24) is 10.2 Å². The first kappa shape index (κ1) is 26.3. The van der Waals surface area contributed by atoms with Gasteiger partial charge in [0.25, 0.3) is 0 Å². The molecule has 0 saturated carbocycles. The van der Waals surface area contributed by atoms with Gasteiger partial charge in [0.2, 0.25) is 11.8 Å². The molecule has 0 radical (unpaired) electrons. The highest BCUT2D eigenvalue weighted by Crippen LogP contribution is 2.23. The fourth-order valence-corrected chi connectivity index (χ4v) is 4.84. The first-order valence-corrected chi connectivity index (χ1v) is 13.3. The van der Waals surface area contributed by atoms with Crippen molar-refractivity contribution in [3.8, 4) is 0 Å². The summed E-state index contributed by atoms with van der Waals surface area (Å²) >= 11 is 11.1. The van der Waals surface area contributed by atoms with Gasteiger partial charge in [-0.1, -0.05) is 70.0 Å².